The molecule has 0 saturated carbocycles. The Morgan fingerprint density at radius 3 is 2.58 bits per heavy atom. The fourth-order valence-corrected chi connectivity index (χ4v) is 2.12. The van der Waals surface area contributed by atoms with Gasteiger partial charge in [0.2, 0.25) is 0 Å². The Labute approximate surface area is 86.7 Å². The van der Waals surface area contributed by atoms with Gasteiger partial charge in [0, 0.05) is 17.1 Å². The highest BCUT2D eigenvalue weighted by molar-refractivity contribution is 7.09. The van der Waals surface area contributed by atoms with Gasteiger partial charge in [-0.25, -0.2) is 4.98 Å². The minimum absolute atomic E-state index is 0.356. The number of thiazole rings is 1. The van der Waals surface area contributed by atoms with Gasteiger partial charge in [-0.15, -0.1) is 34.5 Å². The van der Waals surface area contributed by atoms with E-state index >= 15 is 0 Å². The zero-order valence-corrected chi connectivity index (χ0v) is 9.22. The highest BCUT2D eigenvalue weighted by atomic mass is 35.5. The highest BCUT2D eigenvalue weighted by Gasteiger charge is 2.08. The van der Waals surface area contributed by atoms with Crippen molar-refractivity contribution in [2.75, 3.05) is 11.8 Å². The maximum Gasteiger partial charge on any atom is 0.0897 e. The van der Waals surface area contributed by atoms with Gasteiger partial charge in [0.25, 0.3) is 0 Å². The molecule has 0 aliphatic heterocycles. The summed E-state index contributed by atoms with van der Waals surface area (Å²) in [5, 5.41) is 3.18. The van der Waals surface area contributed by atoms with Crippen LogP contribution in [0.15, 0.2) is 5.38 Å². The molecule has 0 radical (unpaired) electrons. The summed E-state index contributed by atoms with van der Waals surface area (Å²) >= 11 is 13.1. The van der Waals surface area contributed by atoms with Crippen LogP contribution in [0.4, 0.5) is 0 Å². The Bertz CT molecular complexity index is 233. The fraction of sp³-hybridized carbons (Fsp3) is 0.625. The van der Waals surface area contributed by atoms with Gasteiger partial charge in [-0.1, -0.05) is 0 Å². The minimum atomic E-state index is 0.356. The predicted molar refractivity (Wildman–Crippen MR) is 55.5 cm³/mol. The quantitative estimate of drug-likeness (QED) is 0.716. The van der Waals surface area contributed by atoms with Gasteiger partial charge in [-0.2, -0.15) is 0 Å². The van der Waals surface area contributed by atoms with Crippen LogP contribution in [0.2, 0.25) is 0 Å². The predicted octanol–water partition coefficient (Wildman–Crippen LogP) is 3.09. The van der Waals surface area contributed by atoms with Crippen LogP contribution in [0, 0.1) is 12.8 Å². The van der Waals surface area contributed by atoms with E-state index in [0.717, 1.165) is 17.1 Å². The standard InChI is InChI=1S/C8H11Cl2NS/c1-6-11-8(5-12-6)2-7(3-9)4-10/h5,7H,2-4H2,1H3. The molecule has 1 aromatic heterocycles. The Hall–Kier alpha value is 0.210. The van der Waals surface area contributed by atoms with Gasteiger partial charge in [-0.3, -0.25) is 0 Å². The zero-order chi connectivity index (χ0) is 8.97. The van der Waals surface area contributed by atoms with Crippen molar-refractivity contribution in [2.24, 2.45) is 5.92 Å². The molecule has 4 heteroatoms. The molecule has 1 aromatic rings. The van der Waals surface area contributed by atoms with Gasteiger partial charge in [0.15, 0.2) is 0 Å². The molecule has 68 valence electrons. The van der Waals surface area contributed by atoms with Crippen molar-refractivity contribution in [3.8, 4) is 0 Å². The molecular weight excluding hydrogens is 213 g/mol. The second kappa shape index (κ2) is 5.05. The van der Waals surface area contributed by atoms with Crippen LogP contribution in [0.3, 0.4) is 0 Å². The van der Waals surface area contributed by atoms with Crippen molar-refractivity contribution >= 4 is 34.5 Å². The third-order valence-electron chi connectivity index (χ3n) is 1.60. The Morgan fingerprint density at radius 2 is 2.17 bits per heavy atom. The summed E-state index contributed by atoms with van der Waals surface area (Å²) in [6.45, 7) is 2.00. The summed E-state index contributed by atoms with van der Waals surface area (Å²) in [4.78, 5) is 4.35. The van der Waals surface area contributed by atoms with Crippen LogP contribution < -0.4 is 0 Å². The monoisotopic (exact) mass is 223 g/mol. The number of aromatic nitrogens is 1. The molecule has 0 amide bonds. The van der Waals surface area contributed by atoms with Crippen molar-refractivity contribution in [1.29, 1.82) is 0 Å². The highest BCUT2D eigenvalue weighted by Crippen LogP contribution is 2.14. The second-order valence-corrected chi connectivity index (χ2v) is 4.42. The van der Waals surface area contributed by atoms with Crippen LogP contribution in [-0.4, -0.2) is 16.7 Å². The molecular formula is C8H11Cl2NS. The topological polar surface area (TPSA) is 12.9 Å². The maximum absolute atomic E-state index is 5.72. The SMILES string of the molecule is Cc1nc(CC(CCl)CCl)cs1. The second-order valence-electron chi connectivity index (χ2n) is 2.74. The van der Waals surface area contributed by atoms with E-state index in [-0.39, 0.29) is 0 Å². The van der Waals surface area contributed by atoms with Gasteiger partial charge in [0.05, 0.1) is 10.7 Å². The number of alkyl halides is 2. The van der Waals surface area contributed by atoms with E-state index in [1.807, 2.05) is 6.92 Å². The first kappa shape index (κ1) is 10.3. The lowest BCUT2D eigenvalue weighted by atomic mass is 10.1. The van der Waals surface area contributed by atoms with Crippen molar-refractivity contribution in [1.82, 2.24) is 4.98 Å². The van der Waals surface area contributed by atoms with Crippen LogP contribution in [-0.2, 0) is 6.42 Å². The van der Waals surface area contributed by atoms with E-state index in [1.54, 1.807) is 11.3 Å². The Morgan fingerprint density at radius 1 is 1.50 bits per heavy atom. The molecule has 0 unspecified atom stereocenters. The van der Waals surface area contributed by atoms with Crippen LogP contribution in [0.25, 0.3) is 0 Å². The van der Waals surface area contributed by atoms with Crippen molar-refractivity contribution in [2.45, 2.75) is 13.3 Å². The Balaban J connectivity index is 2.50. The van der Waals surface area contributed by atoms with Crippen LogP contribution in [0.5, 0.6) is 0 Å². The van der Waals surface area contributed by atoms with Crippen LogP contribution >= 0.6 is 34.5 Å². The van der Waals surface area contributed by atoms with Crippen LogP contribution in [0.1, 0.15) is 10.7 Å². The molecule has 0 bridgehead atoms. The van der Waals surface area contributed by atoms with Gasteiger partial charge >= 0.3 is 0 Å². The van der Waals surface area contributed by atoms with E-state index in [0.29, 0.717) is 17.7 Å². The molecule has 0 saturated heterocycles. The lowest BCUT2D eigenvalue weighted by Crippen LogP contribution is -2.08. The first-order valence-corrected chi connectivity index (χ1v) is 5.74. The number of nitrogens with zero attached hydrogens (tertiary/aromatic N) is 1. The summed E-state index contributed by atoms with van der Waals surface area (Å²) in [5.41, 5.74) is 1.11. The zero-order valence-electron chi connectivity index (χ0n) is 6.89. The lowest BCUT2D eigenvalue weighted by Gasteiger charge is -2.06. The molecule has 1 nitrogen and oxygen atoms in total. The summed E-state index contributed by atoms with van der Waals surface area (Å²) < 4.78 is 0. The van der Waals surface area contributed by atoms with Crippen molar-refractivity contribution in [3.05, 3.63) is 16.1 Å². The number of hydrogen-bond acceptors (Lipinski definition) is 2. The smallest absolute Gasteiger partial charge is 0.0897 e. The maximum atomic E-state index is 5.72. The molecule has 1 rings (SSSR count). The first-order chi connectivity index (χ1) is 5.76. The molecule has 0 spiro atoms. The molecule has 0 aliphatic rings. The number of aryl methyl sites for hydroxylation is 1. The van der Waals surface area contributed by atoms with Crippen molar-refractivity contribution < 1.29 is 0 Å². The molecule has 12 heavy (non-hydrogen) atoms. The molecule has 0 N–H and O–H groups in total. The van der Waals surface area contributed by atoms with Crippen molar-refractivity contribution in [3.63, 3.8) is 0 Å². The van der Waals surface area contributed by atoms with Gasteiger partial charge in [0.1, 0.15) is 0 Å². The number of hydrogen-bond donors (Lipinski definition) is 0. The molecule has 0 aliphatic carbocycles. The molecule has 0 fully saturated rings. The fourth-order valence-electron chi connectivity index (χ4n) is 0.948. The van der Waals surface area contributed by atoms with E-state index in [1.165, 1.54) is 0 Å². The lowest BCUT2D eigenvalue weighted by molar-refractivity contribution is 0.651. The summed E-state index contributed by atoms with van der Waals surface area (Å²) in [6, 6.07) is 0. The normalized spacial score (nSPS) is 11.0. The first-order valence-electron chi connectivity index (χ1n) is 3.79. The summed E-state index contributed by atoms with van der Waals surface area (Å²) in [5.74, 6) is 1.58. The Kier molecular flexibility index (Phi) is 4.33. The van der Waals surface area contributed by atoms with E-state index < -0.39 is 0 Å². The summed E-state index contributed by atoms with van der Waals surface area (Å²) in [7, 11) is 0. The molecule has 0 aromatic carbocycles. The average molecular weight is 224 g/mol. The third-order valence-corrected chi connectivity index (χ3v) is 3.30. The van der Waals surface area contributed by atoms with E-state index in [9.17, 15) is 0 Å². The largest absolute Gasteiger partial charge is 0.247 e. The van der Waals surface area contributed by atoms with E-state index in [2.05, 4.69) is 10.4 Å². The summed E-state index contributed by atoms with van der Waals surface area (Å²) in [6.07, 6.45) is 0.900. The number of halogens is 2. The van der Waals surface area contributed by atoms with E-state index in [4.69, 9.17) is 23.2 Å². The third kappa shape index (κ3) is 2.92. The minimum Gasteiger partial charge on any atom is -0.247 e. The van der Waals surface area contributed by atoms with Gasteiger partial charge in [-0.05, 0) is 19.3 Å². The molecule has 1 heterocycles. The average Bonchev–Trinajstić information content (AvgIpc) is 2.47. The van der Waals surface area contributed by atoms with Gasteiger partial charge < -0.3 is 0 Å². The molecule has 0 atom stereocenters. The number of rotatable bonds is 4.